The molecule has 1 N–H and O–H groups in total. The lowest BCUT2D eigenvalue weighted by Crippen LogP contribution is -2.49. The first kappa shape index (κ1) is 22.6. The standard InChI is InChI=1S/C25H25FN4O3S/c1-3-20(32)28-8-10-29(11-9-28)24-19-12-15(2)21(16-4-6-17(26)7-5-16)23-22(19)30(25(33)27-24)13-18(31)14-34-23/h3-7,12,18,31H,1,8-11,13-14H2,2H3/t18-/m1/s1. The number of nitrogens with zero attached hydrogens (tertiary/aromatic N) is 4. The fourth-order valence-electron chi connectivity index (χ4n) is 4.76. The fraction of sp³-hybridized carbons (Fsp3) is 0.320. The van der Waals surface area contributed by atoms with Gasteiger partial charge in [0.25, 0.3) is 0 Å². The topological polar surface area (TPSA) is 78.7 Å². The van der Waals surface area contributed by atoms with Gasteiger partial charge in [-0.15, -0.1) is 11.8 Å². The summed E-state index contributed by atoms with van der Waals surface area (Å²) in [6.45, 7) is 7.85. The van der Waals surface area contributed by atoms with Crippen molar-refractivity contribution in [2.24, 2.45) is 0 Å². The van der Waals surface area contributed by atoms with Crippen molar-refractivity contribution in [1.82, 2.24) is 14.5 Å². The number of hydrogen-bond acceptors (Lipinski definition) is 6. The van der Waals surface area contributed by atoms with Crippen LogP contribution in [0.3, 0.4) is 0 Å². The molecule has 0 spiro atoms. The molecule has 2 aliphatic rings. The quantitative estimate of drug-likeness (QED) is 0.581. The van der Waals surface area contributed by atoms with Gasteiger partial charge < -0.3 is 14.9 Å². The lowest BCUT2D eigenvalue weighted by molar-refractivity contribution is -0.126. The van der Waals surface area contributed by atoms with E-state index in [1.807, 2.05) is 17.9 Å². The maximum absolute atomic E-state index is 13.6. The molecule has 9 heteroatoms. The summed E-state index contributed by atoms with van der Waals surface area (Å²) in [4.78, 5) is 34.3. The molecule has 34 heavy (non-hydrogen) atoms. The van der Waals surface area contributed by atoms with Crippen molar-refractivity contribution in [2.75, 3.05) is 36.8 Å². The molecule has 3 heterocycles. The molecule has 0 radical (unpaired) electrons. The number of aryl methyl sites for hydroxylation is 1. The third-order valence-corrected chi connectivity index (χ3v) is 7.65. The van der Waals surface area contributed by atoms with Gasteiger partial charge in [0, 0.05) is 47.8 Å². The first-order valence-electron chi connectivity index (χ1n) is 11.2. The minimum Gasteiger partial charge on any atom is -0.390 e. The van der Waals surface area contributed by atoms with Crippen LogP contribution in [0.25, 0.3) is 22.0 Å². The maximum Gasteiger partial charge on any atom is 0.350 e. The van der Waals surface area contributed by atoms with Crippen molar-refractivity contribution < 1.29 is 14.3 Å². The average molecular weight is 481 g/mol. The fourth-order valence-corrected chi connectivity index (χ4v) is 6.00. The van der Waals surface area contributed by atoms with E-state index >= 15 is 0 Å². The second kappa shape index (κ2) is 8.88. The largest absolute Gasteiger partial charge is 0.390 e. The predicted molar refractivity (Wildman–Crippen MR) is 132 cm³/mol. The van der Waals surface area contributed by atoms with Gasteiger partial charge in [0.15, 0.2) is 0 Å². The summed E-state index contributed by atoms with van der Waals surface area (Å²) in [7, 11) is 0. The number of carbonyl (C=O) groups is 1. The number of halogens is 1. The molecule has 0 aliphatic carbocycles. The van der Waals surface area contributed by atoms with Gasteiger partial charge in [-0.05, 0) is 42.3 Å². The first-order valence-corrected chi connectivity index (χ1v) is 12.2. The SMILES string of the molecule is C=CC(=O)N1CCN(c2nc(=O)n3c4c(c(-c5ccc(F)cc5)c(C)cc24)SC[C@H](O)C3)CC1. The number of anilines is 1. The Kier molecular flexibility index (Phi) is 5.91. The highest BCUT2D eigenvalue weighted by Gasteiger charge is 2.28. The molecule has 1 atom stereocenters. The Morgan fingerprint density at radius 3 is 2.62 bits per heavy atom. The minimum absolute atomic E-state index is 0.105. The van der Waals surface area contributed by atoms with Crippen molar-refractivity contribution in [1.29, 1.82) is 0 Å². The lowest BCUT2D eigenvalue weighted by Gasteiger charge is -2.35. The molecule has 2 aliphatic heterocycles. The number of hydrogen-bond donors (Lipinski definition) is 1. The van der Waals surface area contributed by atoms with Gasteiger partial charge >= 0.3 is 5.69 Å². The highest BCUT2D eigenvalue weighted by Crippen LogP contribution is 2.43. The second-order valence-electron chi connectivity index (χ2n) is 8.61. The van der Waals surface area contributed by atoms with E-state index in [4.69, 9.17) is 0 Å². The van der Waals surface area contributed by atoms with Crippen LogP contribution in [-0.4, -0.2) is 63.5 Å². The van der Waals surface area contributed by atoms with Crippen molar-refractivity contribution in [3.05, 3.63) is 64.9 Å². The Morgan fingerprint density at radius 2 is 1.94 bits per heavy atom. The van der Waals surface area contributed by atoms with Gasteiger partial charge in [-0.2, -0.15) is 4.98 Å². The van der Waals surface area contributed by atoms with Gasteiger partial charge in [0.05, 0.1) is 18.2 Å². The third-order valence-electron chi connectivity index (χ3n) is 6.41. The number of rotatable bonds is 3. The number of aromatic nitrogens is 2. The number of benzene rings is 2. The van der Waals surface area contributed by atoms with Crippen LogP contribution in [-0.2, 0) is 11.3 Å². The Bertz CT molecular complexity index is 1350. The average Bonchev–Trinajstić information content (AvgIpc) is 3.01. The first-order chi connectivity index (χ1) is 16.4. The number of aliphatic hydroxyl groups is 1. The zero-order valence-electron chi connectivity index (χ0n) is 18.8. The predicted octanol–water partition coefficient (Wildman–Crippen LogP) is 2.81. The van der Waals surface area contributed by atoms with E-state index in [1.54, 1.807) is 21.6 Å². The molecule has 1 saturated heterocycles. The van der Waals surface area contributed by atoms with E-state index in [0.29, 0.717) is 37.7 Å². The molecular formula is C25H25FN4O3S. The van der Waals surface area contributed by atoms with E-state index in [-0.39, 0.29) is 18.3 Å². The van der Waals surface area contributed by atoms with Gasteiger partial charge in [-0.25, -0.2) is 9.18 Å². The monoisotopic (exact) mass is 480 g/mol. The lowest BCUT2D eigenvalue weighted by atomic mass is 9.97. The number of carbonyl (C=O) groups excluding carboxylic acids is 1. The van der Waals surface area contributed by atoms with Gasteiger partial charge in [-0.1, -0.05) is 18.7 Å². The molecular weight excluding hydrogens is 455 g/mol. The van der Waals surface area contributed by atoms with E-state index in [9.17, 15) is 19.1 Å². The number of piperazine rings is 1. The summed E-state index contributed by atoms with van der Waals surface area (Å²) in [6, 6.07) is 8.36. The van der Waals surface area contributed by atoms with Crippen LogP contribution in [0.4, 0.5) is 10.2 Å². The number of amides is 1. The van der Waals surface area contributed by atoms with Crippen LogP contribution in [0.1, 0.15) is 5.56 Å². The van der Waals surface area contributed by atoms with Crippen LogP contribution in [0.15, 0.2) is 52.7 Å². The van der Waals surface area contributed by atoms with E-state index in [2.05, 4.69) is 11.6 Å². The van der Waals surface area contributed by atoms with Crippen LogP contribution in [0, 0.1) is 12.7 Å². The van der Waals surface area contributed by atoms with E-state index < -0.39 is 11.8 Å². The summed E-state index contributed by atoms with van der Waals surface area (Å²) in [5.74, 6) is 0.611. The van der Waals surface area contributed by atoms with Gasteiger partial charge in [0.2, 0.25) is 5.91 Å². The van der Waals surface area contributed by atoms with Crippen molar-refractivity contribution >= 4 is 34.4 Å². The molecule has 1 fully saturated rings. The molecule has 7 nitrogen and oxygen atoms in total. The number of thioether (sulfide) groups is 1. The van der Waals surface area contributed by atoms with Crippen LogP contribution < -0.4 is 10.6 Å². The van der Waals surface area contributed by atoms with Crippen LogP contribution in [0.2, 0.25) is 0 Å². The van der Waals surface area contributed by atoms with Crippen LogP contribution >= 0.6 is 11.8 Å². The van der Waals surface area contributed by atoms with Gasteiger partial charge in [0.1, 0.15) is 11.6 Å². The Hall–Kier alpha value is -3.17. The summed E-state index contributed by atoms with van der Waals surface area (Å²) in [6.07, 6.45) is 0.621. The highest BCUT2D eigenvalue weighted by atomic mass is 32.2. The zero-order valence-corrected chi connectivity index (χ0v) is 19.6. The maximum atomic E-state index is 13.6. The van der Waals surface area contributed by atoms with E-state index in [0.717, 1.165) is 32.5 Å². The summed E-state index contributed by atoms with van der Waals surface area (Å²) >= 11 is 1.51. The highest BCUT2D eigenvalue weighted by molar-refractivity contribution is 7.99. The Morgan fingerprint density at radius 1 is 1.24 bits per heavy atom. The molecule has 1 amide bonds. The summed E-state index contributed by atoms with van der Waals surface area (Å²) in [5.41, 5.74) is 3.09. The zero-order chi connectivity index (χ0) is 24.0. The van der Waals surface area contributed by atoms with E-state index in [1.165, 1.54) is 30.0 Å². The van der Waals surface area contributed by atoms with Crippen molar-refractivity contribution in [3.63, 3.8) is 0 Å². The van der Waals surface area contributed by atoms with Crippen molar-refractivity contribution in [3.8, 4) is 11.1 Å². The molecule has 5 rings (SSSR count). The number of aliphatic hydroxyl groups excluding tert-OH is 1. The molecule has 176 valence electrons. The molecule has 2 aromatic carbocycles. The second-order valence-corrected chi connectivity index (χ2v) is 9.64. The smallest absolute Gasteiger partial charge is 0.350 e. The third kappa shape index (κ3) is 3.88. The van der Waals surface area contributed by atoms with Crippen LogP contribution in [0.5, 0.6) is 0 Å². The Balaban J connectivity index is 1.70. The molecule has 3 aromatic rings. The summed E-state index contributed by atoms with van der Waals surface area (Å²) < 4.78 is 15.2. The molecule has 0 bridgehead atoms. The summed E-state index contributed by atoms with van der Waals surface area (Å²) in [5, 5.41) is 11.3. The Labute approximate surface area is 200 Å². The normalized spacial score (nSPS) is 18.1. The molecule has 0 unspecified atom stereocenters. The minimum atomic E-state index is -0.694. The van der Waals surface area contributed by atoms with Crippen molar-refractivity contribution in [2.45, 2.75) is 24.5 Å². The molecule has 0 saturated carbocycles. The molecule has 1 aromatic heterocycles. The van der Waals surface area contributed by atoms with Gasteiger partial charge in [-0.3, -0.25) is 9.36 Å².